The molecule has 7 heteroatoms. The first kappa shape index (κ1) is 16.9. The highest BCUT2D eigenvalue weighted by Crippen LogP contribution is 2.28. The number of para-hydroxylation sites is 1. The van der Waals surface area contributed by atoms with Gasteiger partial charge < -0.3 is 9.15 Å². The van der Waals surface area contributed by atoms with Crippen molar-refractivity contribution in [1.29, 1.82) is 0 Å². The van der Waals surface area contributed by atoms with E-state index in [2.05, 4.69) is 9.71 Å². The van der Waals surface area contributed by atoms with E-state index in [0.717, 1.165) is 12.8 Å². The molecule has 1 heterocycles. The number of anilines is 1. The molecule has 1 saturated carbocycles. The van der Waals surface area contributed by atoms with Gasteiger partial charge in [0.15, 0.2) is 11.5 Å². The van der Waals surface area contributed by atoms with Gasteiger partial charge in [0.25, 0.3) is 10.0 Å². The van der Waals surface area contributed by atoms with Gasteiger partial charge in [-0.2, -0.15) is 0 Å². The fourth-order valence-electron chi connectivity index (χ4n) is 3.24. The lowest BCUT2D eigenvalue weighted by atomic mass is 10.3. The molecule has 1 N–H and O–H groups in total. The molecule has 1 fully saturated rings. The third-order valence-electron chi connectivity index (χ3n) is 4.51. The summed E-state index contributed by atoms with van der Waals surface area (Å²) in [6.07, 6.45) is 4.73. The highest BCUT2D eigenvalue weighted by atomic mass is 32.2. The maximum absolute atomic E-state index is 12.7. The van der Waals surface area contributed by atoms with E-state index >= 15 is 0 Å². The molecule has 0 spiro atoms. The molecule has 26 heavy (non-hydrogen) atoms. The van der Waals surface area contributed by atoms with Crippen LogP contribution in [0.25, 0.3) is 11.1 Å². The number of aromatic nitrogens is 1. The van der Waals surface area contributed by atoms with Crippen LogP contribution in [0.3, 0.4) is 0 Å². The Morgan fingerprint density at radius 3 is 2.58 bits per heavy atom. The van der Waals surface area contributed by atoms with Crippen LogP contribution in [0.4, 0.5) is 5.69 Å². The summed E-state index contributed by atoms with van der Waals surface area (Å²) < 4.78 is 39.4. The average Bonchev–Trinajstić information content (AvgIpc) is 3.24. The number of benzene rings is 2. The molecule has 0 atom stereocenters. The van der Waals surface area contributed by atoms with E-state index in [1.165, 1.54) is 12.8 Å². The molecular weight excluding hydrogens is 352 g/mol. The van der Waals surface area contributed by atoms with E-state index in [0.29, 0.717) is 28.4 Å². The van der Waals surface area contributed by atoms with E-state index in [1.807, 2.05) is 0 Å². The summed E-state index contributed by atoms with van der Waals surface area (Å²) in [5.74, 6) is 1.18. The summed E-state index contributed by atoms with van der Waals surface area (Å²) >= 11 is 0. The maximum atomic E-state index is 12.7. The van der Waals surface area contributed by atoms with Crippen LogP contribution in [0.15, 0.2) is 51.8 Å². The first-order valence-corrected chi connectivity index (χ1v) is 10.2. The van der Waals surface area contributed by atoms with Gasteiger partial charge in [0.05, 0.1) is 16.7 Å². The molecule has 0 aliphatic heterocycles. The van der Waals surface area contributed by atoms with Crippen LogP contribution < -0.4 is 9.46 Å². The lowest BCUT2D eigenvalue weighted by Gasteiger charge is -2.13. The van der Waals surface area contributed by atoms with Gasteiger partial charge in [0.1, 0.15) is 11.3 Å². The largest absolute Gasteiger partial charge is 0.490 e. The van der Waals surface area contributed by atoms with Crippen LogP contribution in [0.1, 0.15) is 31.6 Å². The molecule has 0 saturated heterocycles. The summed E-state index contributed by atoms with van der Waals surface area (Å²) in [4.78, 5) is 4.39. The summed E-state index contributed by atoms with van der Waals surface area (Å²) in [7, 11) is -3.73. The van der Waals surface area contributed by atoms with Crippen molar-refractivity contribution in [3.8, 4) is 5.75 Å². The number of fused-ring (bicyclic) bond motifs is 1. The van der Waals surface area contributed by atoms with Crippen LogP contribution in [0, 0.1) is 6.92 Å². The number of sulfonamides is 1. The van der Waals surface area contributed by atoms with Crippen molar-refractivity contribution < 1.29 is 17.6 Å². The summed E-state index contributed by atoms with van der Waals surface area (Å²) in [5.41, 5.74) is 1.41. The van der Waals surface area contributed by atoms with Gasteiger partial charge in [-0.05, 0) is 62.1 Å². The Hall–Kier alpha value is -2.54. The second-order valence-corrected chi connectivity index (χ2v) is 8.17. The van der Waals surface area contributed by atoms with Gasteiger partial charge in [0, 0.05) is 6.92 Å². The van der Waals surface area contributed by atoms with Gasteiger partial charge in [-0.25, -0.2) is 13.4 Å². The van der Waals surface area contributed by atoms with Gasteiger partial charge in [-0.1, -0.05) is 6.07 Å². The van der Waals surface area contributed by atoms with Crippen LogP contribution in [0.5, 0.6) is 5.75 Å². The van der Waals surface area contributed by atoms with Crippen molar-refractivity contribution in [3.05, 3.63) is 48.4 Å². The summed E-state index contributed by atoms with van der Waals surface area (Å²) in [6, 6.07) is 11.7. The monoisotopic (exact) mass is 372 g/mol. The number of nitrogens with one attached hydrogen (secondary N) is 1. The number of oxazole rings is 1. The van der Waals surface area contributed by atoms with Crippen LogP contribution in [-0.2, 0) is 10.0 Å². The Labute approximate surface area is 152 Å². The molecule has 136 valence electrons. The number of hydrogen-bond acceptors (Lipinski definition) is 5. The van der Waals surface area contributed by atoms with Gasteiger partial charge in [-0.3, -0.25) is 4.72 Å². The van der Waals surface area contributed by atoms with Crippen LogP contribution in [-0.4, -0.2) is 19.5 Å². The standard InChI is InChI=1S/C19H20N2O4S/c1-13-20-17-7-4-8-18(19(17)24-13)21-26(22,23)16-11-9-15(10-12-16)25-14-5-2-3-6-14/h4,7-12,14,21H,2-3,5-6H2,1H3. The third kappa shape index (κ3) is 3.39. The lowest BCUT2D eigenvalue weighted by Crippen LogP contribution is -2.14. The van der Waals surface area contributed by atoms with Crippen molar-refractivity contribution in [1.82, 2.24) is 4.98 Å². The van der Waals surface area contributed by atoms with Crippen molar-refractivity contribution in [2.75, 3.05) is 4.72 Å². The van der Waals surface area contributed by atoms with Crippen molar-refractivity contribution in [2.24, 2.45) is 0 Å². The zero-order valence-corrected chi connectivity index (χ0v) is 15.3. The molecule has 1 aliphatic rings. The Kier molecular flexibility index (Phi) is 4.32. The Bertz CT molecular complexity index is 1020. The molecule has 4 rings (SSSR count). The Balaban J connectivity index is 1.55. The molecule has 0 radical (unpaired) electrons. The molecule has 6 nitrogen and oxygen atoms in total. The Morgan fingerprint density at radius 2 is 1.85 bits per heavy atom. The van der Waals surface area contributed by atoms with Gasteiger partial charge in [0.2, 0.25) is 0 Å². The first-order valence-electron chi connectivity index (χ1n) is 8.67. The van der Waals surface area contributed by atoms with E-state index in [1.54, 1.807) is 49.4 Å². The van der Waals surface area contributed by atoms with E-state index in [9.17, 15) is 8.42 Å². The van der Waals surface area contributed by atoms with Crippen molar-refractivity contribution >= 4 is 26.8 Å². The van der Waals surface area contributed by atoms with Gasteiger partial charge in [-0.15, -0.1) is 0 Å². The minimum Gasteiger partial charge on any atom is -0.490 e. The van der Waals surface area contributed by atoms with E-state index in [-0.39, 0.29) is 11.0 Å². The molecule has 0 unspecified atom stereocenters. The van der Waals surface area contributed by atoms with Crippen molar-refractivity contribution in [3.63, 3.8) is 0 Å². The van der Waals surface area contributed by atoms with Crippen LogP contribution >= 0.6 is 0 Å². The average molecular weight is 372 g/mol. The van der Waals surface area contributed by atoms with Crippen LogP contribution in [0.2, 0.25) is 0 Å². The SMILES string of the molecule is Cc1nc2cccc(NS(=O)(=O)c3ccc(OC4CCCC4)cc3)c2o1. The second-order valence-electron chi connectivity index (χ2n) is 6.49. The fraction of sp³-hybridized carbons (Fsp3) is 0.316. The normalized spacial score (nSPS) is 15.4. The molecule has 2 aromatic carbocycles. The number of ether oxygens (including phenoxy) is 1. The lowest BCUT2D eigenvalue weighted by molar-refractivity contribution is 0.210. The topological polar surface area (TPSA) is 81.4 Å². The smallest absolute Gasteiger partial charge is 0.262 e. The zero-order chi connectivity index (χ0) is 18.1. The second kappa shape index (κ2) is 6.64. The minimum absolute atomic E-state index is 0.171. The molecule has 0 amide bonds. The number of rotatable bonds is 5. The van der Waals surface area contributed by atoms with E-state index < -0.39 is 10.0 Å². The number of nitrogens with zero attached hydrogens (tertiary/aromatic N) is 1. The highest BCUT2D eigenvalue weighted by molar-refractivity contribution is 7.92. The molecule has 3 aromatic rings. The predicted octanol–water partition coefficient (Wildman–Crippen LogP) is 4.26. The number of hydrogen-bond donors (Lipinski definition) is 1. The fourth-order valence-corrected chi connectivity index (χ4v) is 4.30. The third-order valence-corrected chi connectivity index (χ3v) is 5.89. The Morgan fingerprint density at radius 1 is 1.12 bits per heavy atom. The molecule has 1 aromatic heterocycles. The zero-order valence-electron chi connectivity index (χ0n) is 14.4. The highest BCUT2D eigenvalue weighted by Gasteiger charge is 2.19. The summed E-state index contributed by atoms with van der Waals surface area (Å²) in [6.45, 7) is 1.72. The predicted molar refractivity (Wildman–Crippen MR) is 98.9 cm³/mol. The van der Waals surface area contributed by atoms with E-state index in [4.69, 9.17) is 9.15 Å². The molecule has 0 bridgehead atoms. The first-order chi connectivity index (χ1) is 12.5. The summed E-state index contributed by atoms with van der Waals surface area (Å²) in [5, 5.41) is 0. The quantitative estimate of drug-likeness (QED) is 0.724. The van der Waals surface area contributed by atoms with Crippen molar-refractivity contribution in [2.45, 2.75) is 43.6 Å². The minimum atomic E-state index is -3.73. The maximum Gasteiger partial charge on any atom is 0.262 e. The van der Waals surface area contributed by atoms with Gasteiger partial charge >= 0.3 is 0 Å². The molecule has 1 aliphatic carbocycles. The number of aryl methyl sites for hydroxylation is 1. The molecular formula is C19H20N2O4S.